The summed E-state index contributed by atoms with van der Waals surface area (Å²) in [6, 6.07) is 11.1. The highest BCUT2D eigenvalue weighted by Gasteiger charge is 2.06. The van der Waals surface area contributed by atoms with Crippen LogP contribution >= 0.6 is 23.2 Å². The fraction of sp³-hybridized carbons (Fsp3) is 0.0833. The lowest BCUT2D eigenvalue weighted by Gasteiger charge is -2.06. The molecule has 1 N–H and O–H groups in total. The van der Waals surface area contributed by atoms with Gasteiger partial charge in [-0.2, -0.15) is 4.52 Å². The average Bonchev–Trinajstić information content (AvgIpc) is 2.81. The highest BCUT2D eigenvalue weighted by molar-refractivity contribution is 6.30. The predicted molar refractivity (Wildman–Crippen MR) is 75.1 cm³/mol. The predicted octanol–water partition coefficient (Wildman–Crippen LogP) is 3.26. The fourth-order valence-electron chi connectivity index (χ4n) is 1.70. The van der Waals surface area contributed by atoms with E-state index < -0.39 is 0 Å². The second-order valence-electron chi connectivity index (χ2n) is 3.87. The molecule has 0 aliphatic heterocycles. The van der Waals surface area contributed by atoms with Crippen molar-refractivity contribution in [2.75, 3.05) is 5.32 Å². The Bertz CT molecular complexity index is 725. The minimum Gasteiger partial charge on any atom is -0.339 e. The zero-order chi connectivity index (χ0) is 13.2. The van der Waals surface area contributed by atoms with Gasteiger partial charge in [-0.1, -0.05) is 17.7 Å². The van der Waals surface area contributed by atoms with E-state index >= 15 is 0 Å². The van der Waals surface area contributed by atoms with Gasteiger partial charge >= 0.3 is 0 Å². The molecule has 0 bridgehead atoms. The molecule has 0 amide bonds. The Hall–Kier alpha value is -1.85. The van der Waals surface area contributed by atoms with Crippen LogP contribution < -0.4 is 5.32 Å². The molecular formula is C12H9Cl2N5. The molecule has 7 heteroatoms. The summed E-state index contributed by atoms with van der Waals surface area (Å²) in [4.78, 5) is 0. The molecule has 0 aliphatic carbocycles. The third-order valence-electron chi connectivity index (χ3n) is 2.54. The smallest absolute Gasteiger partial charge is 0.178 e. The van der Waals surface area contributed by atoms with E-state index in [1.54, 1.807) is 4.52 Å². The normalized spacial score (nSPS) is 10.8. The molecule has 0 aliphatic rings. The summed E-state index contributed by atoms with van der Waals surface area (Å²) in [5, 5.41) is 16.1. The van der Waals surface area contributed by atoms with E-state index in [4.69, 9.17) is 23.2 Å². The van der Waals surface area contributed by atoms with Gasteiger partial charge in [0.05, 0.1) is 5.88 Å². The molecule has 2 aromatic heterocycles. The second kappa shape index (κ2) is 5.03. The zero-order valence-corrected chi connectivity index (χ0v) is 11.2. The Morgan fingerprint density at radius 2 is 2.05 bits per heavy atom. The summed E-state index contributed by atoms with van der Waals surface area (Å²) in [6.07, 6.45) is 0. The maximum Gasteiger partial charge on any atom is 0.178 e. The van der Waals surface area contributed by atoms with Crippen molar-refractivity contribution in [1.82, 2.24) is 19.8 Å². The number of nitrogens with zero attached hydrogens (tertiary/aromatic N) is 4. The summed E-state index contributed by atoms with van der Waals surface area (Å²) >= 11 is 11.7. The number of alkyl halides is 1. The van der Waals surface area contributed by atoms with Crippen molar-refractivity contribution in [1.29, 1.82) is 0 Å². The van der Waals surface area contributed by atoms with Gasteiger partial charge in [-0.3, -0.25) is 0 Å². The Morgan fingerprint density at radius 1 is 1.16 bits per heavy atom. The van der Waals surface area contributed by atoms with Gasteiger partial charge in [0.25, 0.3) is 0 Å². The zero-order valence-electron chi connectivity index (χ0n) is 9.72. The summed E-state index contributed by atoms with van der Waals surface area (Å²) in [7, 11) is 0. The monoisotopic (exact) mass is 293 g/mol. The second-order valence-corrected chi connectivity index (χ2v) is 4.58. The van der Waals surface area contributed by atoms with Crippen LogP contribution in [0.3, 0.4) is 0 Å². The Balaban J connectivity index is 1.96. The van der Waals surface area contributed by atoms with Crippen LogP contribution in [-0.4, -0.2) is 19.8 Å². The molecule has 19 heavy (non-hydrogen) atoms. The lowest BCUT2D eigenvalue weighted by atomic mass is 10.3. The van der Waals surface area contributed by atoms with Gasteiger partial charge in [-0.05, 0) is 30.3 Å². The molecule has 0 atom stereocenters. The number of aromatic nitrogens is 4. The average molecular weight is 294 g/mol. The molecule has 1 aromatic carbocycles. The molecule has 0 saturated carbocycles. The number of halogens is 2. The maximum absolute atomic E-state index is 5.93. The molecular weight excluding hydrogens is 285 g/mol. The topological polar surface area (TPSA) is 55.1 Å². The van der Waals surface area contributed by atoms with Crippen LogP contribution in [-0.2, 0) is 5.88 Å². The number of nitrogens with one attached hydrogen (secondary N) is 1. The van der Waals surface area contributed by atoms with Gasteiger partial charge in [-0.15, -0.1) is 26.9 Å². The van der Waals surface area contributed by atoms with E-state index in [2.05, 4.69) is 20.6 Å². The van der Waals surface area contributed by atoms with Crippen LogP contribution in [0.4, 0.5) is 11.5 Å². The van der Waals surface area contributed by atoms with Crippen molar-refractivity contribution in [3.05, 3.63) is 47.2 Å². The maximum atomic E-state index is 5.93. The van der Waals surface area contributed by atoms with Crippen LogP contribution in [0.1, 0.15) is 5.82 Å². The van der Waals surface area contributed by atoms with Crippen LogP contribution in [0.15, 0.2) is 36.4 Å². The van der Waals surface area contributed by atoms with Gasteiger partial charge in [0.1, 0.15) is 0 Å². The molecule has 0 spiro atoms. The van der Waals surface area contributed by atoms with Crippen molar-refractivity contribution < 1.29 is 0 Å². The van der Waals surface area contributed by atoms with Crippen molar-refractivity contribution in [3.8, 4) is 0 Å². The Kier molecular flexibility index (Phi) is 3.23. The van der Waals surface area contributed by atoms with Crippen molar-refractivity contribution in [2.45, 2.75) is 5.88 Å². The van der Waals surface area contributed by atoms with Crippen molar-refractivity contribution in [3.63, 3.8) is 0 Å². The first-order valence-corrected chi connectivity index (χ1v) is 6.47. The molecule has 0 fully saturated rings. The number of rotatable bonds is 3. The molecule has 0 unspecified atom stereocenters. The molecule has 3 rings (SSSR count). The van der Waals surface area contributed by atoms with Gasteiger partial charge in [0.15, 0.2) is 17.3 Å². The lowest BCUT2D eigenvalue weighted by molar-refractivity contribution is 0.869. The van der Waals surface area contributed by atoms with E-state index in [9.17, 15) is 0 Å². The summed E-state index contributed by atoms with van der Waals surface area (Å²) in [5.41, 5.74) is 1.52. The van der Waals surface area contributed by atoms with Gasteiger partial charge < -0.3 is 5.32 Å². The van der Waals surface area contributed by atoms with Gasteiger partial charge in [0, 0.05) is 10.7 Å². The minimum atomic E-state index is 0.259. The van der Waals surface area contributed by atoms with E-state index in [0.717, 1.165) is 5.69 Å². The van der Waals surface area contributed by atoms with Crippen LogP contribution in [0.2, 0.25) is 5.02 Å². The van der Waals surface area contributed by atoms with Crippen molar-refractivity contribution in [2.24, 2.45) is 0 Å². The molecule has 0 radical (unpaired) electrons. The number of benzene rings is 1. The van der Waals surface area contributed by atoms with Crippen molar-refractivity contribution >= 4 is 40.4 Å². The van der Waals surface area contributed by atoms with Crippen LogP contribution in [0, 0.1) is 0 Å². The van der Waals surface area contributed by atoms with Crippen LogP contribution in [0.25, 0.3) is 5.65 Å². The highest BCUT2D eigenvalue weighted by atomic mass is 35.5. The third-order valence-corrected chi connectivity index (χ3v) is 3.02. The Labute approximate surface area is 119 Å². The number of anilines is 2. The van der Waals surface area contributed by atoms with E-state index in [1.807, 2.05) is 36.4 Å². The van der Waals surface area contributed by atoms with Crippen LogP contribution in [0.5, 0.6) is 0 Å². The minimum absolute atomic E-state index is 0.259. The van der Waals surface area contributed by atoms with Gasteiger partial charge in [-0.25, -0.2) is 0 Å². The first-order valence-electron chi connectivity index (χ1n) is 5.56. The summed E-state index contributed by atoms with van der Waals surface area (Å²) < 4.78 is 1.61. The number of fused-ring (bicyclic) bond motifs is 1. The summed E-state index contributed by atoms with van der Waals surface area (Å²) in [6.45, 7) is 0. The molecule has 2 heterocycles. The lowest BCUT2D eigenvalue weighted by Crippen LogP contribution is -2.01. The SMILES string of the molecule is ClCc1nnc2ccc(Nc3cccc(Cl)c3)nn12. The quantitative estimate of drug-likeness (QED) is 0.753. The highest BCUT2D eigenvalue weighted by Crippen LogP contribution is 2.19. The van der Waals surface area contributed by atoms with Gasteiger partial charge in [0.2, 0.25) is 0 Å². The first kappa shape index (κ1) is 12.2. The third kappa shape index (κ3) is 2.47. The molecule has 0 saturated heterocycles. The number of hydrogen-bond acceptors (Lipinski definition) is 4. The molecule has 3 aromatic rings. The van der Waals surface area contributed by atoms with E-state index in [1.165, 1.54) is 0 Å². The molecule has 96 valence electrons. The summed E-state index contributed by atoms with van der Waals surface area (Å²) in [5.74, 6) is 1.53. The Morgan fingerprint density at radius 3 is 2.84 bits per heavy atom. The number of hydrogen-bond donors (Lipinski definition) is 1. The van der Waals surface area contributed by atoms with E-state index in [-0.39, 0.29) is 5.88 Å². The largest absolute Gasteiger partial charge is 0.339 e. The fourth-order valence-corrected chi connectivity index (χ4v) is 2.05. The molecule has 5 nitrogen and oxygen atoms in total. The van der Waals surface area contributed by atoms with E-state index in [0.29, 0.717) is 22.3 Å². The first-order chi connectivity index (χ1) is 9.26. The standard InChI is InChI=1S/C12H9Cl2N5/c13-7-12-17-16-11-5-4-10(18-19(11)12)15-9-3-1-2-8(14)6-9/h1-6H,7H2,(H,15,18).